The lowest BCUT2D eigenvalue weighted by molar-refractivity contribution is 0.139. The van der Waals surface area contributed by atoms with Gasteiger partial charge in [-0.15, -0.1) is 5.10 Å². The minimum absolute atomic E-state index is 0.103. The second-order valence-electron chi connectivity index (χ2n) is 9.33. The summed E-state index contributed by atoms with van der Waals surface area (Å²) >= 11 is 0. The number of piperazine rings is 1. The number of nitrogens with one attached hydrogen (secondary N) is 2. The van der Waals surface area contributed by atoms with Gasteiger partial charge in [0.15, 0.2) is 23.0 Å². The van der Waals surface area contributed by atoms with Crippen LogP contribution in [0.25, 0.3) is 5.65 Å². The van der Waals surface area contributed by atoms with Crippen molar-refractivity contribution in [3.63, 3.8) is 0 Å². The van der Waals surface area contributed by atoms with Crippen LogP contribution in [-0.2, 0) is 4.74 Å². The van der Waals surface area contributed by atoms with Crippen molar-refractivity contribution in [3.05, 3.63) is 35.4 Å². The van der Waals surface area contributed by atoms with Crippen LogP contribution in [0.1, 0.15) is 30.5 Å². The Morgan fingerprint density at radius 3 is 2.61 bits per heavy atom. The van der Waals surface area contributed by atoms with Gasteiger partial charge in [-0.2, -0.15) is 20.0 Å². The maximum absolute atomic E-state index is 15.8. The molecule has 1 aromatic carbocycles. The van der Waals surface area contributed by atoms with Crippen molar-refractivity contribution in [2.24, 2.45) is 0 Å². The molecule has 2 aromatic heterocycles. The fourth-order valence-corrected chi connectivity index (χ4v) is 4.78. The van der Waals surface area contributed by atoms with Gasteiger partial charge < -0.3 is 20.3 Å². The molecule has 3 aromatic rings. The highest BCUT2D eigenvalue weighted by Crippen LogP contribution is 2.32. The predicted octanol–water partition coefficient (Wildman–Crippen LogP) is 2.24. The molecule has 2 saturated heterocycles. The number of aromatic nitrogens is 4. The number of nitriles is 2. The third-order valence-corrected chi connectivity index (χ3v) is 6.90. The summed E-state index contributed by atoms with van der Waals surface area (Å²) in [6.07, 6.45) is 4.50. The maximum Gasteiger partial charge on any atom is 0.247 e. The normalized spacial score (nSPS) is 20.3. The van der Waals surface area contributed by atoms with Crippen LogP contribution >= 0.6 is 0 Å². The molecule has 0 amide bonds. The lowest BCUT2D eigenvalue weighted by Crippen LogP contribution is -2.50. The molecule has 2 N–H and O–H groups in total. The van der Waals surface area contributed by atoms with Crippen LogP contribution in [-0.4, -0.2) is 76.0 Å². The SMILES string of the molecule is N#Cc1cc(Nc2nc(NC3CC3)c3ncc(C#N)n3n2)c(F)c(N2CCN(C3CCOC3)CC2)c1. The highest BCUT2D eigenvalue weighted by molar-refractivity contribution is 5.70. The van der Waals surface area contributed by atoms with Crippen LogP contribution in [0.2, 0.25) is 0 Å². The Balaban J connectivity index is 1.29. The zero-order valence-electron chi connectivity index (χ0n) is 19.6. The minimum Gasteiger partial charge on any atom is -0.380 e. The van der Waals surface area contributed by atoms with Crippen LogP contribution in [0.3, 0.4) is 0 Å². The lowest BCUT2D eigenvalue weighted by Gasteiger charge is -2.38. The molecule has 6 rings (SSSR count). The molecular formula is C24H25FN10O. The number of hydrogen-bond acceptors (Lipinski definition) is 10. The summed E-state index contributed by atoms with van der Waals surface area (Å²) in [6, 6.07) is 7.94. The number of anilines is 4. The van der Waals surface area contributed by atoms with Crippen LogP contribution in [0.4, 0.5) is 27.5 Å². The molecule has 1 unspecified atom stereocenters. The molecule has 2 aliphatic heterocycles. The molecule has 3 aliphatic rings. The monoisotopic (exact) mass is 488 g/mol. The van der Waals surface area contributed by atoms with Gasteiger partial charge >= 0.3 is 0 Å². The van der Waals surface area contributed by atoms with Gasteiger partial charge in [0.25, 0.3) is 0 Å². The summed E-state index contributed by atoms with van der Waals surface area (Å²) in [7, 11) is 0. The van der Waals surface area contributed by atoms with Crippen LogP contribution < -0.4 is 15.5 Å². The van der Waals surface area contributed by atoms with E-state index in [0.717, 1.165) is 45.6 Å². The number of benzene rings is 1. The molecule has 1 saturated carbocycles. The third kappa shape index (κ3) is 4.26. The Labute approximate surface area is 207 Å². The second kappa shape index (κ2) is 9.22. The molecule has 3 fully saturated rings. The molecule has 1 atom stereocenters. The van der Waals surface area contributed by atoms with E-state index in [9.17, 15) is 10.5 Å². The number of fused-ring (bicyclic) bond motifs is 1. The summed E-state index contributed by atoms with van der Waals surface area (Å²) in [5.74, 6) is 0.102. The Morgan fingerprint density at radius 2 is 1.92 bits per heavy atom. The van der Waals surface area contributed by atoms with E-state index in [1.54, 1.807) is 6.07 Å². The van der Waals surface area contributed by atoms with Crippen molar-refractivity contribution < 1.29 is 9.13 Å². The molecule has 12 heteroatoms. The van der Waals surface area contributed by atoms with E-state index in [-0.39, 0.29) is 17.3 Å². The van der Waals surface area contributed by atoms with Crippen molar-refractivity contribution >= 4 is 28.8 Å². The Bertz CT molecular complexity index is 1370. The summed E-state index contributed by atoms with van der Waals surface area (Å²) in [5.41, 5.74) is 1.48. The summed E-state index contributed by atoms with van der Waals surface area (Å²) in [4.78, 5) is 13.1. The first kappa shape index (κ1) is 22.5. The van der Waals surface area contributed by atoms with Gasteiger partial charge in [0, 0.05) is 44.9 Å². The fraction of sp³-hybridized carbons (Fsp3) is 0.458. The number of nitrogens with zero attached hydrogens (tertiary/aromatic N) is 8. The van der Waals surface area contributed by atoms with Gasteiger partial charge in [-0.05, 0) is 31.4 Å². The van der Waals surface area contributed by atoms with E-state index < -0.39 is 5.82 Å². The van der Waals surface area contributed by atoms with Gasteiger partial charge in [-0.3, -0.25) is 4.90 Å². The maximum atomic E-state index is 15.8. The van der Waals surface area contributed by atoms with Crippen molar-refractivity contribution in [3.8, 4) is 12.1 Å². The average Bonchev–Trinajstić information content (AvgIpc) is 3.37. The molecule has 184 valence electrons. The number of imidazole rings is 1. The summed E-state index contributed by atoms with van der Waals surface area (Å²) in [5, 5.41) is 29.7. The lowest BCUT2D eigenvalue weighted by atomic mass is 10.1. The van der Waals surface area contributed by atoms with E-state index >= 15 is 4.39 Å². The van der Waals surface area contributed by atoms with E-state index in [2.05, 4.69) is 42.7 Å². The number of halogens is 1. The van der Waals surface area contributed by atoms with Crippen LogP contribution in [0.15, 0.2) is 18.3 Å². The Morgan fingerprint density at radius 1 is 1.08 bits per heavy atom. The molecule has 0 radical (unpaired) electrons. The van der Waals surface area contributed by atoms with Gasteiger partial charge in [-0.25, -0.2) is 9.37 Å². The van der Waals surface area contributed by atoms with Gasteiger partial charge in [-0.1, -0.05) is 0 Å². The van der Waals surface area contributed by atoms with E-state index in [1.807, 2.05) is 4.90 Å². The standard InChI is InChI=1S/C24H25FN10O/c25-21-19(30-24-31-22(29-16-1-2-16)23-28-13-18(12-27)35(23)32-24)9-15(11-26)10-20(21)34-6-4-33(5-7-34)17-3-8-36-14-17/h9-10,13,16-17H,1-8,14H2,(H2,29,30,31,32). The second-order valence-corrected chi connectivity index (χ2v) is 9.33. The van der Waals surface area contributed by atoms with Gasteiger partial charge in [0.1, 0.15) is 6.07 Å². The average molecular weight is 489 g/mol. The molecule has 0 spiro atoms. The summed E-state index contributed by atoms with van der Waals surface area (Å²) < 4.78 is 22.7. The predicted molar refractivity (Wildman–Crippen MR) is 130 cm³/mol. The highest BCUT2D eigenvalue weighted by atomic mass is 19.1. The molecule has 0 bridgehead atoms. The zero-order chi connectivity index (χ0) is 24.6. The minimum atomic E-state index is -0.474. The third-order valence-electron chi connectivity index (χ3n) is 6.90. The van der Waals surface area contributed by atoms with E-state index in [4.69, 9.17) is 4.74 Å². The number of hydrogen-bond donors (Lipinski definition) is 2. The Hall–Kier alpha value is -4.00. The molecule has 36 heavy (non-hydrogen) atoms. The van der Waals surface area contributed by atoms with Crippen LogP contribution in [0, 0.1) is 28.5 Å². The molecule has 1 aliphatic carbocycles. The molecular weight excluding hydrogens is 463 g/mol. The van der Waals surface area contributed by atoms with E-state index in [0.29, 0.717) is 47.9 Å². The zero-order valence-corrected chi connectivity index (χ0v) is 19.6. The largest absolute Gasteiger partial charge is 0.380 e. The first-order valence-corrected chi connectivity index (χ1v) is 12.1. The quantitative estimate of drug-likeness (QED) is 0.533. The van der Waals surface area contributed by atoms with Gasteiger partial charge in [0.2, 0.25) is 5.95 Å². The van der Waals surface area contributed by atoms with Gasteiger partial charge in [0.05, 0.1) is 35.8 Å². The first-order chi connectivity index (χ1) is 17.6. The topological polar surface area (TPSA) is 130 Å². The van der Waals surface area contributed by atoms with Crippen molar-refractivity contribution in [2.45, 2.75) is 31.3 Å². The van der Waals surface area contributed by atoms with Crippen molar-refractivity contribution in [2.75, 3.05) is 54.9 Å². The Kier molecular flexibility index (Phi) is 5.76. The smallest absolute Gasteiger partial charge is 0.247 e. The van der Waals surface area contributed by atoms with Crippen LogP contribution in [0.5, 0.6) is 0 Å². The van der Waals surface area contributed by atoms with Crippen molar-refractivity contribution in [1.29, 1.82) is 10.5 Å². The number of ether oxygens (including phenoxy) is 1. The first-order valence-electron chi connectivity index (χ1n) is 12.1. The highest BCUT2D eigenvalue weighted by Gasteiger charge is 2.29. The fourth-order valence-electron chi connectivity index (χ4n) is 4.78. The molecule has 11 nitrogen and oxygen atoms in total. The molecule has 4 heterocycles. The number of rotatable bonds is 6. The van der Waals surface area contributed by atoms with E-state index in [1.165, 1.54) is 16.8 Å². The summed E-state index contributed by atoms with van der Waals surface area (Å²) in [6.45, 7) is 4.46. The van der Waals surface area contributed by atoms with Crippen molar-refractivity contribution in [1.82, 2.24) is 24.5 Å².